The molecule has 3 N–H and O–H groups in total. The number of halogens is 1. The number of nitrogens with zero attached hydrogens (tertiary/aromatic N) is 2. The third kappa shape index (κ3) is 1.71. The molecule has 1 aromatic carbocycles. The molecule has 0 aliphatic carbocycles. The molecular formula is C17H15IN2O4. The van der Waals surface area contributed by atoms with Crippen LogP contribution < -0.4 is 0 Å². The van der Waals surface area contributed by atoms with Gasteiger partial charge in [0.15, 0.2) is 5.69 Å². The lowest BCUT2D eigenvalue weighted by molar-refractivity contribution is -0.0936. The second kappa shape index (κ2) is 4.65. The summed E-state index contributed by atoms with van der Waals surface area (Å²) in [5.41, 5.74) is 0.149. The van der Waals surface area contributed by atoms with Crippen LogP contribution >= 0.6 is 22.6 Å². The Bertz CT molecular complexity index is 932. The molecule has 1 fully saturated rings. The van der Waals surface area contributed by atoms with Gasteiger partial charge in [-0.05, 0) is 26.0 Å². The number of aliphatic hydroxyl groups excluding tert-OH is 1. The van der Waals surface area contributed by atoms with Crippen LogP contribution in [0.1, 0.15) is 31.4 Å². The van der Waals surface area contributed by atoms with Crippen LogP contribution in [-0.2, 0) is 15.9 Å². The van der Waals surface area contributed by atoms with Crippen LogP contribution in [0.5, 0.6) is 11.8 Å². The van der Waals surface area contributed by atoms with Crippen LogP contribution in [-0.4, -0.2) is 26.0 Å². The summed E-state index contributed by atoms with van der Waals surface area (Å²) in [4.78, 5) is 3.42. The van der Waals surface area contributed by atoms with Crippen molar-refractivity contribution >= 4 is 28.3 Å². The van der Waals surface area contributed by atoms with Gasteiger partial charge >= 0.3 is 0 Å². The lowest BCUT2D eigenvalue weighted by atomic mass is 9.78. The highest BCUT2D eigenvalue weighted by Gasteiger charge is 2.64. The van der Waals surface area contributed by atoms with Gasteiger partial charge < -0.3 is 20.1 Å². The van der Waals surface area contributed by atoms with Gasteiger partial charge in [-0.25, -0.2) is 4.85 Å². The molecule has 3 atom stereocenters. The van der Waals surface area contributed by atoms with Gasteiger partial charge in [-0.1, -0.05) is 28.7 Å². The zero-order valence-electron chi connectivity index (χ0n) is 13.0. The first-order valence-corrected chi connectivity index (χ1v) is 8.54. The third-order valence-corrected chi connectivity index (χ3v) is 5.98. The Morgan fingerprint density at radius 3 is 2.58 bits per heavy atom. The first kappa shape index (κ1) is 15.7. The van der Waals surface area contributed by atoms with E-state index in [0.717, 1.165) is 3.57 Å². The molecule has 24 heavy (non-hydrogen) atoms. The number of aromatic hydroxyl groups is 2. The van der Waals surface area contributed by atoms with Crippen molar-refractivity contribution in [3.63, 3.8) is 0 Å². The van der Waals surface area contributed by atoms with Gasteiger partial charge in [0, 0.05) is 9.99 Å². The summed E-state index contributed by atoms with van der Waals surface area (Å²) >= 11 is 2.05. The molecule has 0 radical (unpaired) electrons. The molecule has 2 bridgehead atoms. The average Bonchev–Trinajstić information content (AvgIpc) is 3.01. The molecule has 1 saturated heterocycles. The molecule has 2 aliphatic rings. The maximum absolute atomic E-state index is 10.8. The topological polar surface area (TPSA) is 79.2 Å². The molecule has 124 valence electrons. The van der Waals surface area contributed by atoms with Gasteiger partial charge in [0.1, 0.15) is 5.60 Å². The van der Waals surface area contributed by atoms with E-state index in [1.807, 2.05) is 29.5 Å². The number of rotatable bonds is 1. The predicted octanol–water partition coefficient (Wildman–Crippen LogP) is 3.27. The molecule has 0 spiro atoms. The van der Waals surface area contributed by atoms with Crippen molar-refractivity contribution in [1.29, 1.82) is 0 Å². The highest BCUT2D eigenvalue weighted by Crippen LogP contribution is 2.64. The Morgan fingerprint density at radius 1 is 1.29 bits per heavy atom. The first-order valence-electron chi connectivity index (χ1n) is 7.46. The van der Waals surface area contributed by atoms with E-state index in [1.165, 1.54) is 4.57 Å². The van der Waals surface area contributed by atoms with E-state index < -0.39 is 17.3 Å². The lowest BCUT2D eigenvalue weighted by Gasteiger charge is -2.25. The van der Waals surface area contributed by atoms with Gasteiger partial charge in [0.25, 0.3) is 0 Å². The van der Waals surface area contributed by atoms with E-state index in [1.54, 1.807) is 25.1 Å². The Hall–Kier alpha value is -1.76. The molecule has 6 nitrogen and oxygen atoms in total. The van der Waals surface area contributed by atoms with Crippen LogP contribution in [0.15, 0.2) is 18.2 Å². The molecule has 0 saturated carbocycles. The van der Waals surface area contributed by atoms with Crippen molar-refractivity contribution in [1.82, 2.24) is 4.57 Å². The minimum Gasteiger partial charge on any atom is -0.494 e. The van der Waals surface area contributed by atoms with E-state index in [2.05, 4.69) is 4.85 Å². The van der Waals surface area contributed by atoms with Crippen LogP contribution in [0.25, 0.3) is 10.5 Å². The minimum absolute atomic E-state index is 0.0908. The summed E-state index contributed by atoms with van der Waals surface area (Å²) in [6.07, 6.45) is -0.386. The summed E-state index contributed by atoms with van der Waals surface area (Å²) in [6, 6.07) is 5.05. The number of aliphatic hydroxyl groups is 1. The molecule has 4 rings (SSSR count). The van der Waals surface area contributed by atoms with Crippen LogP contribution in [0.3, 0.4) is 0 Å². The van der Waals surface area contributed by atoms with E-state index in [0.29, 0.717) is 28.9 Å². The molecule has 1 aromatic heterocycles. The van der Waals surface area contributed by atoms with E-state index in [-0.39, 0.29) is 11.8 Å². The maximum atomic E-state index is 10.8. The van der Waals surface area contributed by atoms with Crippen LogP contribution in [0, 0.1) is 10.1 Å². The normalized spacial score (nSPS) is 30.4. The average molecular weight is 438 g/mol. The summed E-state index contributed by atoms with van der Waals surface area (Å²) in [7, 11) is 0. The quantitative estimate of drug-likeness (QED) is 0.472. The fraction of sp³-hybridized carbons (Fsp3) is 0.353. The largest absolute Gasteiger partial charge is 0.494 e. The van der Waals surface area contributed by atoms with E-state index >= 15 is 0 Å². The zero-order valence-corrected chi connectivity index (χ0v) is 15.2. The Labute approximate surface area is 152 Å². The van der Waals surface area contributed by atoms with Crippen molar-refractivity contribution in [2.24, 2.45) is 0 Å². The lowest BCUT2D eigenvalue weighted by Crippen LogP contribution is -2.32. The van der Waals surface area contributed by atoms with Gasteiger partial charge in [-0.2, -0.15) is 0 Å². The smallest absolute Gasteiger partial charge is 0.205 e. The van der Waals surface area contributed by atoms with Crippen molar-refractivity contribution in [3.05, 3.63) is 44.3 Å². The van der Waals surface area contributed by atoms with Crippen LogP contribution in [0.4, 0.5) is 5.69 Å². The molecular weight excluding hydrogens is 423 g/mol. The minimum atomic E-state index is -1.04. The molecule has 2 aromatic rings. The van der Waals surface area contributed by atoms with Crippen LogP contribution in [0.2, 0.25) is 0 Å². The Morgan fingerprint density at radius 2 is 1.96 bits per heavy atom. The van der Waals surface area contributed by atoms with Crippen molar-refractivity contribution < 1.29 is 20.1 Å². The van der Waals surface area contributed by atoms with Crippen molar-refractivity contribution in [2.45, 2.75) is 37.6 Å². The maximum Gasteiger partial charge on any atom is 0.205 e. The fourth-order valence-electron chi connectivity index (χ4n) is 4.00. The number of hydrogen-bond acceptors (Lipinski definition) is 4. The number of aromatic nitrogens is 1. The number of benzene rings is 1. The zero-order chi connectivity index (χ0) is 17.4. The number of ether oxygens (including phenoxy) is 1. The Balaban J connectivity index is 1.98. The van der Waals surface area contributed by atoms with Gasteiger partial charge in [0.05, 0.1) is 35.1 Å². The number of hydrogen-bond donors (Lipinski definition) is 3. The summed E-state index contributed by atoms with van der Waals surface area (Å²) in [5.74, 6) is -0.231. The summed E-state index contributed by atoms with van der Waals surface area (Å²) in [6.45, 7) is 10.7. The monoisotopic (exact) mass is 438 g/mol. The second-order valence-electron chi connectivity index (χ2n) is 6.64. The number of fused-ring (bicyclic) bond motifs is 5. The molecule has 7 heteroatoms. The molecule has 2 aliphatic heterocycles. The second-order valence-corrected chi connectivity index (χ2v) is 7.80. The molecule has 3 heterocycles. The highest BCUT2D eigenvalue weighted by atomic mass is 127. The SMILES string of the molecule is [C-]#[N+]c1ccc(-n2c(O)c3c(c2O)C2(C)OC3(C)C[C@H]2O)cc1I. The third-order valence-electron chi connectivity index (χ3n) is 5.11. The predicted molar refractivity (Wildman–Crippen MR) is 94.5 cm³/mol. The standard InChI is InChI=1S/C17H15IN2O4/c1-16-7-11(21)17(2,24-16)13-12(16)14(22)20(15(13)23)8-4-5-10(19-3)9(18)6-8/h4-6,11,21-23H,7H2,1-2H3/t11-,16?,17?/m1/s1. The fourth-order valence-corrected chi connectivity index (χ4v) is 4.62. The van der Waals surface area contributed by atoms with E-state index in [4.69, 9.17) is 11.3 Å². The summed E-state index contributed by atoms with van der Waals surface area (Å²) in [5, 5.41) is 31.9. The first-order chi connectivity index (χ1) is 11.2. The Kier molecular flexibility index (Phi) is 3.05. The van der Waals surface area contributed by atoms with Crippen molar-refractivity contribution in [3.8, 4) is 17.4 Å². The van der Waals surface area contributed by atoms with E-state index in [9.17, 15) is 15.3 Å². The van der Waals surface area contributed by atoms with Crippen molar-refractivity contribution in [2.75, 3.05) is 0 Å². The molecule has 0 amide bonds. The summed E-state index contributed by atoms with van der Waals surface area (Å²) < 4.78 is 8.03. The van der Waals surface area contributed by atoms with Gasteiger partial charge in [-0.15, -0.1) is 0 Å². The highest BCUT2D eigenvalue weighted by molar-refractivity contribution is 14.1. The van der Waals surface area contributed by atoms with Gasteiger partial charge in [0.2, 0.25) is 11.8 Å². The van der Waals surface area contributed by atoms with Gasteiger partial charge in [-0.3, -0.25) is 4.57 Å². The molecule has 2 unspecified atom stereocenters.